The van der Waals surface area contributed by atoms with Gasteiger partial charge in [-0.2, -0.15) is 13.2 Å². The van der Waals surface area contributed by atoms with Gasteiger partial charge >= 0.3 is 6.18 Å². The van der Waals surface area contributed by atoms with Crippen LogP contribution in [0, 0.1) is 6.92 Å². The van der Waals surface area contributed by atoms with Crippen LogP contribution < -0.4 is 10.1 Å². The number of ether oxygens (including phenoxy) is 1. The summed E-state index contributed by atoms with van der Waals surface area (Å²) in [4.78, 5) is 11.8. The van der Waals surface area contributed by atoms with Gasteiger partial charge in [0.05, 0.1) is 12.1 Å². The fraction of sp³-hybridized carbons (Fsp3) is 0.235. The Kier molecular flexibility index (Phi) is 5.26. The van der Waals surface area contributed by atoms with Crippen molar-refractivity contribution in [1.82, 2.24) is 5.32 Å². The first-order valence-electron chi connectivity index (χ1n) is 7.01. The van der Waals surface area contributed by atoms with E-state index in [0.29, 0.717) is 5.75 Å². The molecular weight excluding hydrogens is 307 g/mol. The number of nitrogens with one attached hydrogen (secondary N) is 1. The molecule has 0 aromatic heterocycles. The fourth-order valence-electron chi connectivity index (χ4n) is 1.88. The van der Waals surface area contributed by atoms with E-state index in [-0.39, 0.29) is 18.7 Å². The predicted octanol–water partition coefficient (Wildman–Crippen LogP) is 3.82. The number of hydrogen-bond acceptors (Lipinski definition) is 2. The Hall–Kier alpha value is -2.50. The Morgan fingerprint density at radius 3 is 2.22 bits per heavy atom. The molecule has 0 saturated heterocycles. The highest BCUT2D eigenvalue weighted by Gasteiger charge is 2.30. The summed E-state index contributed by atoms with van der Waals surface area (Å²) in [5.41, 5.74) is 0.512. The lowest BCUT2D eigenvalue weighted by atomic mass is 10.1. The van der Waals surface area contributed by atoms with E-state index in [1.54, 1.807) is 0 Å². The predicted molar refractivity (Wildman–Crippen MR) is 80.5 cm³/mol. The minimum atomic E-state index is -4.41. The Bertz CT molecular complexity index is 649. The maximum Gasteiger partial charge on any atom is 0.416 e. The molecule has 0 aliphatic heterocycles. The van der Waals surface area contributed by atoms with Crippen LogP contribution >= 0.6 is 0 Å². The number of rotatable bonds is 5. The third kappa shape index (κ3) is 5.02. The number of amides is 1. The SMILES string of the molecule is Cc1ccc(OCCNC(=O)c2ccc(C(F)(F)F)cc2)cc1. The van der Waals surface area contributed by atoms with Crippen LogP contribution in [0.1, 0.15) is 21.5 Å². The molecule has 1 N–H and O–H groups in total. The van der Waals surface area contributed by atoms with Crippen molar-refractivity contribution in [2.75, 3.05) is 13.2 Å². The van der Waals surface area contributed by atoms with Crippen molar-refractivity contribution in [2.24, 2.45) is 0 Å². The van der Waals surface area contributed by atoms with E-state index in [9.17, 15) is 18.0 Å². The molecule has 0 atom stereocenters. The Morgan fingerprint density at radius 1 is 1.04 bits per heavy atom. The van der Waals surface area contributed by atoms with E-state index >= 15 is 0 Å². The van der Waals surface area contributed by atoms with Crippen molar-refractivity contribution in [3.05, 3.63) is 65.2 Å². The molecule has 0 spiro atoms. The summed E-state index contributed by atoms with van der Waals surface area (Å²) in [5, 5.41) is 2.59. The highest BCUT2D eigenvalue weighted by molar-refractivity contribution is 5.94. The number of aryl methyl sites for hydroxylation is 1. The van der Waals surface area contributed by atoms with Crippen molar-refractivity contribution in [1.29, 1.82) is 0 Å². The molecule has 122 valence electrons. The van der Waals surface area contributed by atoms with E-state index in [1.807, 2.05) is 31.2 Å². The molecule has 2 aromatic rings. The van der Waals surface area contributed by atoms with Crippen LogP contribution in [0.2, 0.25) is 0 Å². The average Bonchev–Trinajstić information content (AvgIpc) is 2.52. The van der Waals surface area contributed by atoms with Gasteiger partial charge in [0.1, 0.15) is 12.4 Å². The molecule has 0 unspecified atom stereocenters. The standard InChI is InChI=1S/C17H16F3NO2/c1-12-2-8-15(9-3-12)23-11-10-21-16(22)13-4-6-14(7-5-13)17(18,19)20/h2-9H,10-11H2,1H3,(H,21,22). The highest BCUT2D eigenvalue weighted by Crippen LogP contribution is 2.29. The molecule has 2 rings (SSSR count). The van der Waals surface area contributed by atoms with Crippen LogP contribution in [0.3, 0.4) is 0 Å². The lowest BCUT2D eigenvalue weighted by molar-refractivity contribution is -0.137. The normalized spacial score (nSPS) is 11.1. The van der Waals surface area contributed by atoms with Crippen molar-refractivity contribution < 1.29 is 22.7 Å². The first kappa shape index (κ1) is 16.9. The fourth-order valence-corrected chi connectivity index (χ4v) is 1.88. The summed E-state index contributed by atoms with van der Waals surface area (Å²) >= 11 is 0. The van der Waals surface area contributed by atoms with Crippen LogP contribution in [-0.2, 0) is 6.18 Å². The van der Waals surface area contributed by atoms with Gasteiger partial charge in [-0.1, -0.05) is 17.7 Å². The second kappa shape index (κ2) is 7.17. The summed E-state index contributed by atoms with van der Waals surface area (Å²) in [6.45, 7) is 2.50. The third-order valence-electron chi connectivity index (χ3n) is 3.15. The third-order valence-corrected chi connectivity index (χ3v) is 3.15. The molecule has 23 heavy (non-hydrogen) atoms. The van der Waals surface area contributed by atoms with Gasteiger partial charge in [0, 0.05) is 5.56 Å². The summed E-state index contributed by atoms with van der Waals surface area (Å²) in [6.07, 6.45) is -4.41. The van der Waals surface area contributed by atoms with Gasteiger partial charge in [-0.3, -0.25) is 4.79 Å². The van der Waals surface area contributed by atoms with E-state index < -0.39 is 17.6 Å². The lowest BCUT2D eigenvalue weighted by Gasteiger charge is -2.09. The number of carbonyl (C=O) groups excluding carboxylic acids is 1. The number of alkyl halides is 3. The molecule has 0 aliphatic carbocycles. The molecule has 0 saturated carbocycles. The first-order valence-corrected chi connectivity index (χ1v) is 7.01. The zero-order chi connectivity index (χ0) is 16.9. The lowest BCUT2D eigenvalue weighted by Crippen LogP contribution is -2.28. The van der Waals surface area contributed by atoms with Gasteiger partial charge in [0.25, 0.3) is 5.91 Å². The van der Waals surface area contributed by atoms with Gasteiger partial charge in [0.2, 0.25) is 0 Å². The second-order valence-electron chi connectivity index (χ2n) is 4.99. The van der Waals surface area contributed by atoms with E-state index in [0.717, 1.165) is 29.8 Å². The van der Waals surface area contributed by atoms with Crippen LogP contribution in [0.25, 0.3) is 0 Å². The number of hydrogen-bond donors (Lipinski definition) is 1. The number of carbonyl (C=O) groups is 1. The minimum absolute atomic E-state index is 0.174. The maximum atomic E-state index is 12.4. The van der Waals surface area contributed by atoms with Gasteiger partial charge in [-0.05, 0) is 43.3 Å². The topological polar surface area (TPSA) is 38.3 Å². The van der Waals surface area contributed by atoms with Crippen LogP contribution in [0.15, 0.2) is 48.5 Å². The highest BCUT2D eigenvalue weighted by atomic mass is 19.4. The monoisotopic (exact) mass is 323 g/mol. The Morgan fingerprint density at radius 2 is 1.65 bits per heavy atom. The van der Waals surface area contributed by atoms with Gasteiger partial charge in [-0.15, -0.1) is 0 Å². The molecule has 6 heteroatoms. The quantitative estimate of drug-likeness (QED) is 0.850. The second-order valence-corrected chi connectivity index (χ2v) is 4.99. The Balaban J connectivity index is 1.79. The smallest absolute Gasteiger partial charge is 0.416 e. The summed E-state index contributed by atoms with van der Waals surface area (Å²) in [7, 11) is 0. The molecule has 1 amide bonds. The van der Waals surface area contributed by atoms with E-state index in [4.69, 9.17) is 4.74 Å². The molecule has 0 bridgehead atoms. The molecule has 0 fully saturated rings. The zero-order valence-corrected chi connectivity index (χ0v) is 12.5. The van der Waals surface area contributed by atoms with E-state index in [2.05, 4.69) is 5.32 Å². The van der Waals surface area contributed by atoms with Crippen molar-refractivity contribution in [3.63, 3.8) is 0 Å². The van der Waals surface area contributed by atoms with Gasteiger partial charge in [-0.25, -0.2) is 0 Å². The molecule has 0 heterocycles. The number of benzene rings is 2. The largest absolute Gasteiger partial charge is 0.492 e. The summed E-state index contributed by atoms with van der Waals surface area (Å²) in [5.74, 6) is 0.255. The zero-order valence-electron chi connectivity index (χ0n) is 12.5. The van der Waals surface area contributed by atoms with Crippen LogP contribution in [-0.4, -0.2) is 19.1 Å². The molecule has 3 nitrogen and oxygen atoms in total. The summed E-state index contributed by atoms with van der Waals surface area (Å²) < 4.78 is 42.8. The average molecular weight is 323 g/mol. The van der Waals surface area contributed by atoms with Gasteiger partial charge in [0.15, 0.2) is 0 Å². The van der Waals surface area contributed by atoms with E-state index in [1.165, 1.54) is 0 Å². The van der Waals surface area contributed by atoms with Crippen LogP contribution in [0.5, 0.6) is 5.75 Å². The molecule has 0 aliphatic rings. The van der Waals surface area contributed by atoms with Gasteiger partial charge < -0.3 is 10.1 Å². The maximum absolute atomic E-state index is 12.4. The molecular formula is C17H16F3NO2. The summed E-state index contributed by atoms with van der Waals surface area (Å²) in [6, 6.07) is 11.6. The van der Waals surface area contributed by atoms with Crippen molar-refractivity contribution in [2.45, 2.75) is 13.1 Å². The van der Waals surface area contributed by atoms with Crippen LogP contribution in [0.4, 0.5) is 13.2 Å². The Labute approximate surface area is 132 Å². The van der Waals surface area contributed by atoms with Crippen molar-refractivity contribution in [3.8, 4) is 5.75 Å². The first-order chi connectivity index (χ1) is 10.9. The minimum Gasteiger partial charge on any atom is -0.492 e. The number of halogens is 3. The van der Waals surface area contributed by atoms with Crippen molar-refractivity contribution >= 4 is 5.91 Å². The molecule has 0 radical (unpaired) electrons. The molecule has 2 aromatic carbocycles.